The van der Waals surface area contributed by atoms with E-state index in [2.05, 4.69) is 0 Å². The van der Waals surface area contributed by atoms with Crippen LogP contribution in [0.5, 0.6) is 0 Å². The monoisotopic (exact) mass is 403 g/mol. The molecule has 0 radical (unpaired) electrons. The van der Waals surface area contributed by atoms with Crippen LogP contribution in [0, 0.1) is 0 Å². The number of carbonyl (C=O) groups is 3. The van der Waals surface area contributed by atoms with Crippen LogP contribution >= 0.6 is 0 Å². The highest BCUT2D eigenvalue weighted by atomic mass is 19.4. The van der Waals surface area contributed by atoms with Gasteiger partial charge in [0.1, 0.15) is 0 Å². The fourth-order valence-electron chi connectivity index (χ4n) is 3.03. The van der Waals surface area contributed by atoms with Crippen LogP contribution < -0.4 is 5.32 Å². The molecular weight excluding hydrogens is 383 g/mol. The van der Waals surface area contributed by atoms with Crippen LogP contribution in [0.1, 0.15) is 37.6 Å². The van der Waals surface area contributed by atoms with Gasteiger partial charge in [0, 0.05) is 13.3 Å². The molecule has 1 aliphatic rings. The maximum absolute atomic E-state index is 12.8. The molecule has 0 saturated carbocycles. The van der Waals surface area contributed by atoms with Crippen molar-refractivity contribution in [2.24, 2.45) is 0 Å². The second kappa shape index (κ2) is 8.17. The lowest BCUT2D eigenvalue weighted by molar-refractivity contribution is -0.238. The second-order valence-corrected chi connectivity index (χ2v) is 6.65. The molecule has 1 aromatic carbocycles. The fourth-order valence-corrected chi connectivity index (χ4v) is 3.03. The SMILES string of the molecule is CC(=O)O[C@@H]1C[C@@](C)(NC(=O)C(F)(F)F)[C@H](OC(=O)c2ccccc2)C(C)O1. The van der Waals surface area contributed by atoms with E-state index < -0.39 is 48.1 Å². The molecule has 0 bridgehead atoms. The number of carbonyl (C=O) groups excluding carboxylic acids is 3. The molecule has 1 N–H and O–H groups in total. The molecule has 4 atom stereocenters. The van der Waals surface area contributed by atoms with Crippen LogP contribution in [0.25, 0.3) is 0 Å². The van der Waals surface area contributed by atoms with Gasteiger partial charge in [-0.3, -0.25) is 9.59 Å². The van der Waals surface area contributed by atoms with E-state index in [1.54, 1.807) is 18.2 Å². The fraction of sp³-hybridized carbons (Fsp3) is 0.500. The van der Waals surface area contributed by atoms with Gasteiger partial charge in [-0.1, -0.05) is 18.2 Å². The maximum Gasteiger partial charge on any atom is 0.471 e. The number of hydrogen-bond donors (Lipinski definition) is 1. The zero-order valence-corrected chi connectivity index (χ0v) is 15.4. The first-order valence-electron chi connectivity index (χ1n) is 8.40. The van der Waals surface area contributed by atoms with Crippen LogP contribution in [-0.2, 0) is 23.8 Å². The Bertz CT molecular complexity index is 739. The van der Waals surface area contributed by atoms with E-state index in [0.717, 1.165) is 6.92 Å². The van der Waals surface area contributed by atoms with Crippen LogP contribution in [0.3, 0.4) is 0 Å². The van der Waals surface area contributed by atoms with Gasteiger partial charge < -0.3 is 19.5 Å². The Hall–Kier alpha value is -2.62. The zero-order valence-electron chi connectivity index (χ0n) is 15.4. The number of alkyl halides is 3. The van der Waals surface area contributed by atoms with E-state index in [1.165, 1.54) is 26.0 Å². The lowest BCUT2D eigenvalue weighted by Gasteiger charge is -2.46. The van der Waals surface area contributed by atoms with E-state index in [9.17, 15) is 27.6 Å². The van der Waals surface area contributed by atoms with Crippen LogP contribution in [-0.4, -0.2) is 48.1 Å². The van der Waals surface area contributed by atoms with Crippen molar-refractivity contribution in [3.8, 4) is 0 Å². The Morgan fingerprint density at radius 2 is 1.79 bits per heavy atom. The number of ether oxygens (including phenoxy) is 3. The standard InChI is InChI=1S/C18H20F3NO6/c1-10-14(28-15(24)12-7-5-4-6-8-12)17(3,22-16(25)18(19,20)21)9-13(26-10)27-11(2)23/h4-8,10,13-14H,9H2,1-3H3,(H,22,25)/t10?,13-,14-,17-/m1/s1. The number of amides is 1. The summed E-state index contributed by atoms with van der Waals surface area (Å²) in [5.74, 6) is -3.70. The molecule has 1 unspecified atom stereocenters. The molecule has 1 heterocycles. The van der Waals surface area contributed by atoms with Gasteiger partial charge in [-0.25, -0.2) is 4.79 Å². The average molecular weight is 403 g/mol. The summed E-state index contributed by atoms with van der Waals surface area (Å²) >= 11 is 0. The van der Waals surface area contributed by atoms with E-state index in [-0.39, 0.29) is 12.0 Å². The van der Waals surface area contributed by atoms with Crippen molar-refractivity contribution in [2.75, 3.05) is 0 Å². The molecule has 1 aliphatic heterocycles. The summed E-state index contributed by atoms with van der Waals surface area (Å²) in [5.41, 5.74) is -1.52. The van der Waals surface area contributed by atoms with Gasteiger partial charge in [0.25, 0.3) is 0 Å². The second-order valence-electron chi connectivity index (χ2n) is 6.65. The summed E-state index contributed by atoms with van der Waals surface area (Å²) in [7, 11) is 0. The number of halogens is 3. The summed E-state index contributed by atoms with van der Waals surface area (Å²) in [4.78, 5) is 35.1. The highest BCUT2D eigenvalue weighted by Gasteiger charge is 2.53. The molecule has 28 heavy (non-hydrogen) atoms. The predicted octanol–water partition coefficient (Wildman–Crippen LogP) is 2.35. The van der Waals surface area contributed by atoms with Crippen molar-refractivity contribution < 1.29 is 41.8 Å². The molecule has 2 rings (SSSR count). The number of rotatable bonds is 4. The zero-order chi connectivity index (χ0) is 21.1. The molecule has 1 fully saturated rings. The number of esters is 2. The normalized spacial score (nSPS) is 27.6. The molecule has 154 valence electrons. The van der Waals surface area contributed by atoms with Crippen molar-refractivity contribution in [2.45, 2.75) is 57.4 Å². The topological polar surface area (TPSA) is 90.9 Å². The Morgan fingerprint density at radius 3 is 2.32 bits per heavy atom. The van der Waals surface area contributed by atoms with Crippen LogP contribution in [0.15, 0.2) is 30.3 Å². The number of hydrogen-bond acceptors (Lipinski definition) is 6. The Kier molecular flexibility index (Phi) is 6.33. The van der Waals surface area contributed by atoms with Gasteiger partial charge in [0.15, 0.2) is 6.10 Å². The predicted molar refractivity (Wildman–Crippen MR) is 89.0 cm³/mol. The minimum absolute atomic E-state index is 0.182. The molecule has 7 nitrogen and oxygen atoms in total. The maximum atomic E-state index is 12.8. The van der Waals surface area contributed by atoms with Crippen molar-refractivity contribution in [1.29, 1.82) is 0 Å². The molecule has 0 aliphatic carbocycles. The van der Waals surface area contributed by atoms with Gasteiger partial charge in [-0.05, 0) is 26.0 Å². The van der Waals surface area contributed by atoms with E-state index in [0.29, 0.717) is 0 Å². The highest BCUT2D eigenvalue weighted by molar-refractivity contribution is 5.89. The molecule has 1 amide bonds. The Morgan fingerprint density at radius 1 is 1.18 bits per heavy atom. The van der Waals surface area contributed by atoms with Crippen LogP contribution in [0.4, 0.5) is 13.2 Å². The Labute approximate surface area is 159 Å². The van der Waals surface area contributed by atoms with Crippen molar-refractivity contribution in [1.82, 2.24) is 5.32 Å². The van der Waals surface area contributed by atoms with Crippen molar-refractivity contribution >= 4 is 17.8 Å². The summed E-state index contributed by atoms with van der Waals surface area (Å²) in [6, 6.07) is 7.83. The first-order chi connectivity index (χ1) is 12.9. The molecule has 0 aromatic heterocycles. The molecule has 0 spiro atoms. The van der Waals surface area contributed by atoms with E-state index in [1.807, 2.05) is 5.32 Å². The smallest absolute Gasteiger partial charge is 0.454 e. The molecule has 10 heteroatoms. The molecule has 1 aromatic rings. The third-order valence-electron chi connectivity index (χ3n) is 4.21. The quantitative estimate of drug-likeness (QED) is 0.777. The van der Waals surface area contributed by atoms with E-state index >= 15 is 0 Å². The first kappa shape index (κ1) is 21.7. The minimum atomic E-state index is -5.14. The lowest BCUT2D eigenvalue weighted by Crippen LogP contribution is -2.66. The summed E-state index contributed by atoms with van der Waals surface area (Å²) in [6.45, 7) is 3.83. The van der Waals surface area contributed by atoms with E-state index in [4.69, 9.17) is 14.2 Å². The third-order valence-corrected chi connectivity index (χ3v) is 4.21. The first-order valence-corrected chi connectivity index (χ1v) is 8.40. The third kappa shape index (κ3) is 5.22. The number of nitrogens with one attached hydrogen (secondary N) is 1. The van der Waals surface area contributed by atoms with Gasteiger partial charge >= 0.3 is 24.0 Å². The Balaban J connectivity index is 2.29. The molecule has 1 saturated heterocycles. The van der Waals surface area contributed by atoms with Crippen molar-refractivity contribution in [3.63, 3.8) is 0 Å². The van der Waals surface area contributed by atoms with Gasteiger partial charge in [-0.2, -0.15) is 13.2 Å². The van der Waals surface area contributed by atoms with Gasteiger partial charge in [0.05, 0.1) is 17.2 Å². The van der Waals surface area contributed by atoms with Crippen LogP contribution in [0.2, 0.25) is 0 Å². The highest BCUT2D eigenvalue weighted by Crippen LogP contribution is 2.33. The number of benzene rings is 1. The molecular formula is C18H20F3NO6. The van der Waals surface area contributed by atoms with Gasteiger partial charge in [-0.15, -0.1) is 0 Å². The summed E-state index contributed by atoms with van der Waals surface area (Å²) in [5, 5.41) is 1.86. The lowest BCUT2D eigenvalue weighted by atomic mass is 9.84. The summed E-state index contributed by atoms with van der Waals surface area (Å²) < 4.78 is 54.2. The summed E-state index contributed by atoms with van der Waals surface area (Å²) in [6.07, 6.45) is -8.93. The van der Waals surface area contributed by atoms with Gasteiger partial charge in [0.2, 0.25) is 6.29 Å². The largest absolute Gasteiger partial charge is 0.471 e. The average Bonchev–Trinajstić information content (AvgIpc) is 2.57. The minimum Gasteiger partial charge on any atom is -0.454 e. The van der Waals surface area contributed by atoms with Crippen molar-refractivity contribution in [3.05, 3.63) is 35.9 Å².